The predicted octanol–water partition coefficient (Wildman–Crippen LogP) is 6.90. The number of fused-ring (bicyclic) bond motifs is 3. The summed E-state index contributed by atoms with van der Waals surface area (Å²) in [7, 11) is 1.31. The zero-order valence-corrected chi connectivity index (χ0v) is 23.3. The minimum absolute atomic E-state index is 0.00593. The van der Waals surface area contributed by atoms with Gasteiger partial charge >= 0.3 is 7.12 Å². The Morgan fingerprint density at radius 3 is 2.11 bits per heavy atom. The molecule has 1 aliphatic heterocycles. The van der Waals surface area contributed by atoms with E-state index in [-0.39, 0.29) is 5.41 Å². The molecule has 0 aromatic heterocycles. The summed E-state index contributed by atoms with van der Waals surface area (Å²) in [5, 5.41) is 0. The van der Waals surface area contributed by atoms with E-state index < -0.39 is 12.5 Å². The Morgan fingerprint density at radius 2 is 1.46 bits per heavy atom. The largest absolute Gasteiger partial charge is 0.497 e. The fourth-order valence-electron chi connectivity index (χ4n) is 5.87. The second-order valence-electron chi connectivity index (χ2n) is 10.9. The topological polar surface area (TPSA) is 27.7 Å². The number of benzene rings is 4. The summed E-state index contributed by atoms with van der Waals surface area (Å²) in [4.78, 5) is 0. The van der Waals surface area contributed by atoms with Crippen molar-refractivity contribution in [1.82, 2.24) is 0 Å². The van der Waals surface area contributed by atoms with Gasteiger partial charge in [-0.05, 0) is 70.0 Å². The van der Waals surface area contributed by atoms with Gasteiger partial charge in [-0.2, -0.15) is 0 Å². The number of methoxy groups -OCH3 is 1. The molecule has 0 N–H and O–H groups in total. The normalized spacial score (nSPS) is 19.9. The van der Waals surface area contributed by atoms with Gasteiger partial charge in [-0.3, -0.25) is 0 Å². The number of ether oxygens (including phenoxy) is 1. The van der Waals surface area contributed by atoms with Crippen molar-refractivity contribution in [2.75, 3.05) is 20.3 Å². The Hall–Kier alpha value is -2.86. The molecule has 1 saturated heterocycles. The molecular formula is C32H30BBrO3. The maximum atomic E-state index is 6.32. The van der Waals surface area contributed by atoms with Crippen LogP contribution in [0.15, 0.2) is 89.4 Å². The third kappa shape index (κ3) is 3.96. The van der Waals surface area contributed by atoms with E-state index in [1.807, 2.05) is 0 Å². The molecule has 0 saturated carbocycles. The minimum atomic E-state index is -0.502. The number of aryl methyl sites for hydroxylation is 1. The van der Waals surface area contributed by atoms with Crippen LogP contribution >= 0.6 is 15.9 Å². The highest BCUT2D eigenvalue weighted by Crippen LogP contribution is 2.56. The third-order valence-electron chi connectivity index (χ3n) is 7.67. The van der Waals surface area contributed by atoms with Crippen LogP contribution in [-0.2, 0) is 14.7 Å². The number of halogens is 1. The van der Waals surface area contributed by atoms with Gasteiger partial charge in [0.1, 0.15) is 5.75 Å². The molecule has 3 nitrogen and oxygen atoms in total. The van der Waals surface area contributed by atoms with Crippen molar-refractivity contribution in [3.8, 4) is 16.9 Å². The minimum Gasteiger partial charge on any atom is -0.497 e. The summed E-state index contributed by atoms with van der Waals surface area (Å²) < 4.78 is 19.2. The molecule has 0 amide bonds. The van der Waals surface area contributed by atoms with Crippen molar-refractivity contribution < 1.29 is 14.0 Å². The van der Waals surface area contributed by atoms with E-state index in [1.54, 1.807) is 7.11 Å². The van der Waals surface area contributed by atoms with Gasteiger partial charge in [-0.15, -0.1) is 0 Å². The predicted molar refractivity (Wildman–Crippen MR) is 154 cm³/mol. The van der Waals surface area contributed by atoms with Gasteiger partial charge < -0.3 is 14.0 Å². The lowest BCUT2D eigenvalue weighted by molar-refractivity contribution is 0.0343. The first-order valence-corrected chi connectivity index (χ1v) is 13.5. The SMILES string of the molecule is COc1ccc(C2(c3ccc(C)cc3)c3cc(Br)ccc3-c3c(B4OCC(C)(C)CO4)cccc32)cc1. The van der Waals surface area contributed by atoms with Crippen LogP contribution in [0, 0.1) is 12.3 Å². The quantitative estimate of drug-likeness (QED) is 0.227. The summed E-state index contributed by atoms with van der Waals surface area (Å²) in [6, 6.07) is 30.6. The van der Waals surface area contributed by atoms with Gasteiger partial charge in [0.15, 0.2) is 0 Å². The fraction of sp³-hybridized carbons (Fsp3) is 0.250. The Bertz CT molecular complexity index is 1450. The highest BCUT2D eigenvalue weighted by molar-refractivity contribution is 9.10. The van der Waals surface area contributed by atoms with Gasteiger partial charge in [-0.1, -0.05) is 96.0 Å². The van der Waals surface area contributed by atoms with Crippen molar-refractivity contribution in [2.24, 2.45) is 5.41 Å². The summed E-state index contributed by atoms with van der Waals surface area (Å²) in [5.41, 5.74) is 9.14. The van der Waals surface area contributed by atoms with Crippen LogP contribution in [0.5, 0.6) is 5.75 Å². The molecule has 6 rings (SSSR count). The van der Waals surface area contributed by atoms with E-state index in [0.29, 0.717) is 13.2 Å². The van der Waals surface area contributed by atoms with Crippen LogP contribution in [0.1, 0.15) is 41.7 Å². The average Bonchev–Trinajstić information content (AvgIpc) is 3.19. The van der Waals surface area contributed by atoms with E-state index in [0.717, 1.165) is 15.7 Å². The van der Waals surface area contributed by atoms with Crippen LogP contribution in [0.4, 0.5) is 0 Å². The van der Waals surface area contributed by atoms with Crippen LogP contribution < -0.4 is 10.2 Å². The maximum absolute atomic E-state index is 6.32. The van der Waals surface area contributed by atoms with E-state index in [4.69, 9.17) is 14.0 Å². The van der Waals surface area contributed by atoms with E-state index in [2.05, 4.69) is 122 Å². The molecule has 1 heterocycles. The Balaban J connectivity index is 1.66. The molecule has 2 aliphatic rings. The number of hydrogen-bond donors (Lipinski definition) is 0. The highest BCUT2D eigenvalue weighted by atomic mass is 79.9. The standard InChI is InChI=1S/C32H30BBrO3/c1-21-8-10-22(11-9-21)32(23-12-15-25(35-4)16-13-23)27-6-5-7-29(33-36-19-31(2,3)20-37-33)30(27)26-17-14-24(34)18-28(26)32/h5-18H,19-20H2,1-4H3. The number of rotatable bonds is 4. The number of hydrogen-bond acceptors (Lipinski definition) is 3. The first kappa shape index (κ1) is 24.5. The molecule has 1 fully saturated rings. The molecule has 5 heteroatoms. The second-order valence-corrected chi connectivity index (χ2v) is 11.8. The van der Waals surface area contributed by atoms with Crippen LogP contribution in [0.3, 0.4) is 0 Å². The van der Waals surface area contributed by atoms with Gasteiger partial charge in [0, 0.05) is 23.1 Å². The first-order chi connectivity index (χ1) is 17.8. The van der Waals surface area contributed by atoms with Crippen LogP contribution in [0.25, 0.3) is 11.1 Å². The van der Waals surface area contributed by atoms with E-state index in [1.165, 1.54) is 38.9 Å². The molecule has 4 aromatic carbocycles. The molecular weight excluding hydrogens is 523 g/mol. The Morgan fingerprint density at radius 1 is 0.811 bits per heavy atom. The molecule has 0 spiro atoms. The third-order valence-corrected chi connectivity index (χ3v) is 8.16. The molecule has 37 heavy (non-hydrogen) atoms. The zero-order chi connectivity index (χ0) is 25.8. The molecule has 1 unspecified atom stereocenters. The second kappa shape index (κ2) is 9.16. The molecule has 0 bridgehead atoms. The van der Waals surface area contributed by atoms with Crippen molar-refractivity contribution in [2.45, 2.75) is 26.2 Å². The fourth-order valence-corrected chi connectivity index (χ4v) is 6.24. The summed E-state index contributed by atoms with van der Waals surface area (Å²) >= 11 is 3.78. The average molecular weight is 553 g/mol. The molecule has 1 atom stereocenters. The summed E-state index contributed by atoms with van der Waals surface area (Å²) in [6.45, 7) is 7.82. The summed E-state index contributed by atoms with van der Waals surface area (Å²) in [6.07, 6.45) is 0. The summed E-state index contributed by atoms with van der Waals surface area (Å²) in [5.74, 6) is 0.843. The lowest BCUT2D eigenvalue weighted by Gasteiger charge is -2.35. The molecule has 4 aromatic rings. The lowest BCUT2D eigenvalue weighted by Crippen LogP contribution is -2.48. The van der Waals surface area contributed by atoms with Crippen LogP contribution in [0.2, 0.25) is 0 Å². The van der Waals surface area contributed by atoms with Crippen LogP contribution in [-0.4, -0.2) is 27.4 Å². The molecule has 0 radical (unpaired) electrons. The molecule has 1 aliphatic carbocycles. The smallest absolute Gasteiger partial charge is 0.494 e. The Labute approximate surface area is 228 Å². The van der Waals surface area contributed by atoms with Crippen molar-refractivity contribution >= 4 is 28.5 Å². The Kier molecular flexibility index (Phi) is 6.06. The zero-order valence-electron chi connectivity index (χ0n) is 21.7. The molecule has 186 valence electrons. The first-order valence-electron chi connectivity index (χ1n) is 12.7. The van der Waals surface area contributed by atoms with Crippen molar-refractivity contribution in [3.63, 3.8) is 0 Å². The van der Waals surface area contributed by atoms with Gasteiger partial charge in [0.2, 0.25) is 0 Å². The van der Waals surface area contributed by atoms with Gasteiger partial charge in [0.05, 0.1) is 12.5 Å². The van der Waals surface area contributed by atoms with Gasteiger partial charge in [-0.25, -0.2) is 0 Å². The van der Waals surface area contributed by atoms with E-state index in [9.17, 15) is 0 Å². The monoisotopic (exact) mass is 552 g/mol. The van der Waals surface area contributed by atoms with Crippen molar-refractivity contribution in [3.05, 3.63) is 117 Å². The van der Waals surface area contributed by atoms with E-state index >= 15 is 0 Å². The van der Waals surface area contributed by atoms with Crippen molar-refractivity contribution in [1.29, 1.82) is 0 Å². The maximum Gasteiger partial charge on any atom is 0.494 e. The van der Waals surface area contributed by atoms with Gasteiger partial charge in [0.25, 0.3) is 0 Å². The lowest BCUT2D eigenvalue weighted by atomic mass is 9.66. The highest BCUT2D eigenvalue weighted by Gasteiger charge is 2.48.